The maximum Gasteiger partial charge on any atom is 0.347 e. The molecule has 27 heavy (non-hydrogen) atoms. The Balaban J connectivity index is 1.81. The Kier molecular flexibility index (Phi) is 7.53. The highest BCUT2D eigenvalue weighted by Gasteiger charge is 2.27. The number of aromatic nitrogens is 2. The number of nitrogens with one attached hydrogen (secondary N) is 1. The largest absolute Gasteiger partial charge is 0.383 e. The summed E-state index contributed by atoms with van der Waals surface area (Å²) in [6.07, 6.45) is 1.57. The number of piperidine rings is 1. The van der Waals surface area contributed by atoms with Crippen LogP contribution in [-0.2, 0) is 20.9 Å². The van der Waals surface area contributed by atoms with E-state index in [9.17, 15) is 14.4 Å². The van der Waals surface area contributed by atoms with Crippen molar-refractivity contribution in [2.75, 3.05) is 26.8 Å². The molecule has 1 aromatic rings. The van der Waals surface area contributed by atoms with Crippen LogP contribution in [0, 0.1) is 19.8 Å². The SMILES string of the molecule is COC[C@H](C)NC(=O)C1CCN(C(=O)CCn2c(C)cc(C)nc2=O)CC1. The van der Waals surface area contributed by atoms with E-state index >= 15 is 0 Å². The Bertz CT molecular complexity index is 723. The number of aryl methyl sites for hydroxylation is 2. The van der Waals surface area contributed by atoms with Crippen LogP contribution in [0.25, 0.3) is 0 Å². The summed E-state index contributed by atoms with van der Waals surface area (Å²) < 4.78 is 6.56. The van der Waals surface area contributed by atoms with Gasteiger partial charge in [-0.05, 0) is 39.7 Å². The third-order valence-corrected chi connectivity index (χ3v) is 4.92. The van der Waals surface area contributed by atoms with E-state index in [1.807, 2.05) is 19.9 Å². The first kappa shape index (κ1) is 21.1. The second kappa shape index (κ2) is 9.64. The standard InChI is InChI=1S/C19H30N4O4/c1-13-11-15(3)23(19(26)21-13)10-7-17(24)22-8-5-16(6-9-22)18(25)20-14(2)12-27-4/h11,14,16H,5-10,12H2,1-4H3,(H,20,25)/t14-/m0/s1. The summed E-state index contributed by atoms with van der Waals surface area (Å²) in [4.78, 5) is 42.4. The molecule has 0 bridgehead atoms. The zero-order valence-electron chi connectivity index (χ0n) is 16.7. The normalized spacial score (nSPS) is 16.2. The molecule has 0 unspecified atom stereocenters. The number of carbonyl (C=O) groups excluding carboxylic acids is 2. The minimum atomic E-state index is -0.319. The van der Waals surface area contributed by atoms with Crippen molar-refractivity contribution >= 4 is 11.8 Å². The van der Waals surface area contributed by atoms with Crippen LogP contribution in [0.15, 0.2) is 10.9 Å². The van der Waals surface area contributed by atoms with Crippen molar-refractivity contribution < 1.29 is 14.3 Å². The molecule has 1 atom stereocenters. The number of rotatable bonds is 7. The summed E-state index contributed by atoms with van der Waals surface area (Å²) in [6.45, 7) is 7.46. The van der Waals surface area contributed by atoms with Gasteiger partial charge in [0, 0.05) is 56.5 Å². The van der Waals surface area contributed by atoms with E-state index in [1.54, 1.807) is 18.9 Å². The number of hydrogen-bond acceptors (Lipinski definition) is 5. The predicted octanol–water partition coefficient (Wildman–Crippen LogP) is 0.640. The summed E-state index contributed by atoms with van der Waals surface area (Å²) in [6, 6.07) is 1.81. The second-order valence-corrected chi connectivity index (χ2v) is 7.24. The van der Waals surface area contributed by atoms with Crippen molar-refractivity contribution in [3.8, 4) is 0 Å². The van der Waals surface area contributed by atoms with Gasteiger partial charge in [-0.1, -0.05) is 0 Å². The molecule has 2 rings (SSSR count). The van der Waals surface area contributed by atoms with Gasteiger partial charge < -0.3 is 15.0 Å². The van der Waals surface area contributed by atoms with Crippen LogP contribution < -0.4 is 11.0 Å². The summed E-state index contributed by atoms with van der Waals surface area (Å²) in [5, 5.41) is 2.95. The molecular weight excluding hydrogens is 348 g/mol. The Labute approximate surface area is 159 Å². The first-order valence-corrected chi connectivity index (χ1v) is 9.44. The summed E-state index contributed by atoms with van der Waals surface area (Å²) >= 11 is 0. The van der Waals surface area contributed by atoms with Gasteiger partial charge in [0.15, 0.2) is 0 Å². The van der Waals surface area contributed by atoms with Crippen LogP contribution in [0.4, 0.5) is 0 Å². The van der Waals surface area contributed by atoms with Crippen LogP contribution in [0.1, 0.15) is 37.6 Å². The Morgan fingerprint density at radius 1 is 1.33 bits per heavy atom. The van der Waals surface area contributed by atoms with Crippen LogP contribution in [0.3, 0.4) is 0 Å². The number of nitrogens with zero attached hydrogens (tertiary/aromatic N) is 3. The summed E-state index contributed by atoms with van der Waals surface area (Å²) in [7, 11) is 1.61. The van der Waals surface area contributed by atoms with Gasteiger partial charge in [-0.25, -0.2) is 4.79 Å². The zero-order chi connectivity index (χ0) is 20.0. The van der Waals surface area contributed by atoms with Crippen LogP contribution in [0.5, 0.6) is 0 Å². The number of ether oxygens (including phenoxy) is 1. The summed E-state index contributed by atoms with van der Waals surface area (Å²) in [5.41, 5.74) is 1.17. The third kappa shape index (κ3) is 5.89. The molecule has 0 saturated carbocycles. The molecule has 2 amide bonds. The smallest absolute Gasteiger partial charge is 0.347 e. The van der Waals surface area contributed by atoms with Crippen molar-refractivity contribution in [1.82, 2.24) is 19.8 Å². The highest BCUT2D eigenvalue weighted by Crippen LogP contribution is 2.18. The number of hydrogen-bond donors (Lipinski definition) is 1. The average Bonchev–Trinajstić information content (AvgIpc) is 2.60. The van der Waals surface area contributed by atoms with Crippen molar-refractivity contribution in [3.63, 3.8) is 0 Å². The van der Waals surface area contributed by atoms with Crippen molar-refractivity contribution in [1.29, 1.82) is 0 Å². The first-order chi connectivity index (χ1) is 12.8. The van der Waals surface area contributed by atoms with Gasteiger partial charge in [0.2, 0.25) is 11.8 Å². The molecule has 2 heterocycles. The lowest BCUT2D eigenvalue weighted by molar-refractivity contribution is -0.136. The lowest BCUT2D eigenvalue weighted by Crippen LogP contribution is -2.45. The highest BCUT2D eigenvalue weighted by molar-refractivity contribution is 5.80. The molecule has 0 aromatic carbocycles. The second-order valence-electron chi connectivity index (χ2n) is 7.24. The molecule has 1 aliphatic heterocycles. The Morgan fingerprint density at radius 2 is 2.00 bits per heavy atom. The summed E-state index contributed by atoms with van der Waals surface area (Å²) in [5.74, 6) is -0.0347. The molecule has 1 N–H and O–H groups in total. The first-order valence-electron chi connectivity index (χ1n) is 9.44. The van der Waals surface area contributed by atoms with Gasteiger partial charge in [-0.2, -0.15) is 4.98 Å². The maximum atomic E-state index is 12.5. The van der Waals surface area contributed by atoms with Crippen LogP contribution in [-0.4, -0.2) is 59.1 Å². The molecule has 1 saturated heterocycles. The quantitative estimate of drug-likeness (QED) is 0.752. The number of amides is 2. The number of carbonyl (C=O) groups is 2. The monoisotopic (exact) mass is 378 g/mol. The fraction of sp³-hybridized carbons (Fsp3) is 0.684. The number of likely N-dealkylation sites (tertiary alicyclic amines) is 1. The fourth-order valence-corrected chi connectivity index (χ4v) is 3.46. The van der Waals surface area contributed by atoms with E-state index in [1.165, 1.54) is 4.57 Å². The highest BCUT2D eigenvalue weighted by atomic mass is 16.5. The van der Waals surface area contributed by atoms with E-state index in [-0.39, 0.29) is 35.9 Å². The molecular formula is C19H30N4O4. The van der Waals surface area contributed by atoms with Gasteiger partial charge in [0.25, 0.3) is 0 Å². The lowest BCUT2D eigenvalue weighted by Gasteiger charge is -2.32. The molecule has 0 radical (unpaired) electrons. The molecule has 0 spiro atoms. The van der Waals surface area contributed by atoms with E-state index in [4.69, 9.17) is 4.74 Å². The third-order valence-electron chi connectivity index (χ3n) is 4.92. The predicted molar refractivity (Wildman–Crippen MR) is 101 cm³/mol. The Hall–Kier alpha value is -2.22. The molecule has 0 aliphatic carbocycles. The van der Waals surface area contributed by atoms with Gasteiger partial charge >= 0.3 is 5.69 Å². The van der Waals surface area contributed by atoms with Gasteiger partial charge in [0.1, 0.15) is 0 Å². The minimum absolute atomic E-state index is 0.00786. The van der Waals surface area contributed by atoms with E-state index in [0.717, 1.165) is 5.69 Å². The molecule has 1 aromatic heterocycles. The zero-order valence-corrected chi connectivity index (χ0v) is 16.7. The Morgan fingerprint density at radius 3 is 2.59 bits per heavy atom. The fourth-order valence-electron chi connectivity index (χ4n) is 3.46. The van der Waals surface area contributed by atoms with Crippen LogP contribution in [0.2, 0.25) is 0 Å². The molecule has 8 nitrogen and oxygen atoms in total. The van der Waals surface area contributed by atoms with E-state index in [2.05, 4.69) is 10.3 Å². The van der Waals surface area contributed by atoms with Crippen molar-refractivity contribution in [2.45, 2.75) is 52.6 Å². The lowest BCUT2D eigenvalue weighted by atomic mass is 9.95. The van der Waals surface area contributed by atoms with Gasteiger partial charge in [-0.15, -0.1) is 0 Å². The van der Waals surface area contributed by atoms with E-state index < -0.39 is 0 Å². The number of methoxy groups -OCH3 is 1. The van der Waals surface area contributed by atoms with Gasteiger partial charge in [-0.3, -0.25) is 14.2 Å². The molecule has 1 aliphatic rings. The topological polar surface area (TPSA) is 93.5 Å². The molecule has 150 valence electrons. The van der Waals surface area contributed by atoms with Crippen LogP contribution >= 0.6 is 0 Å². The van der Waals surface area contributed by atoms with E-state index in [0.29, 0.717) is 44.8 Å². The van der Waals surface area contributed by atoms with Gasteiger partial charge in [0.05, 0.1) is 6.61 Å². The molecule has 8 heteroatoms. The van der Waals surface area contributed by atoms with Crippen molar-refractivity contribution in [3.05, 3.63) is 27.9 Å². The molecule has 1 fully saturated rings. The maximum absolute atomic E-state index is 12.5. The average molecular weight is 378 g/mol. The van der Waals surface area contributed by atoms with Crippen molar-refractivity contribution in [2.24, 2.45) is 5.92 Å². The minimum Gasteiger partial charge on any atom is -0.383 e.